The first kappa shape index (κ1) is 12.5. The van der Waals surface area contributed by atoms with E-state index in [0.29, 0.717) is 11.5 Å². The summed E-state index contributed by atoms with van der Waals surface area (Å²) in [7, 11) is 0. The predicted molar refractivity (Wildman–Crippen MR) is 70.8 cm³/mol. The summed E-state index contributed by atoms with van der Waals surface area (Å²) in [4.78, 5) is 4.10. The van der Waals surface area contributed by atoms with Gasteiger partial charge in [-0.1, -0.05) is 20.4 Å². The molecule has 0 aromatic rings. The third-order valence-electron chi connectivity index (χ3n) is 3.36. The van der Waals surface area contributed by atoms with Crippen LogP contribution in [0.4, 0.5) is 4.39 Å². The molecule has 1 heterocycles. The molecule has 4 nitrogen and oxygen atoms in total. The highest BCUT2D eigenvalue weighted by Crippen LogP contribution is 2.46. The minimum Gasteiger partial charge on any atom is -0.402 e. The van der Waals surface area contributed by atoms with E-state index in [0.717, 1.165) is 23.8 Å². The lowest BCUT2D eigenvalue weighted by atomic mass is 9.87. The Bertz CT molecular complexity index is 511. The van der Waals surface area contributed by atoms with Crippen LogP contribution in [0.3, 0.4) is 0 Å². The van der Waals surface area contributed by atoms with Crippen molar-refractivity contribution in [2.45, 2.75) is 20.3 Å². The van der Waals surface area contributed by atoms with Gasteiger partial charge in [-0.2, -0.15) is 4.39 Å². The molecule has 0 radical (unpaired) electrons. The number of hydrogen-bond donors (Lipinski definition) is 3. The number of rotatable bonds is 2. The highest BCUT2D eigenvalue weighted by molar-refractivity contribution is 5.88. The highest BCUT2D eigenvalue weighted by Gasteiger charge is 2.40. The molecule has 96 valence electrons. The molecule has 0 amide bonds. The number of nitrogens with zero attached hydrogens (tertiary/aromatic N) is 1. The first-order chi connectivity index (χ1) is 8.31. The molecule has 0 fully saturated rings. The molecule has 0 bridgehead atoms. The average Bonchev–Trinajstić information content (AvgIpc) is 2.50. The van der Waals surface area contributed by atoms with Gasteiger partial charge in [0.05, 0.1) is 0 Å². The van der Waals surface area contributed by atoms with Crippen molar-refractivity contribution < 1.29 is 4.39 Å². The van der Waals surface area contributed by atoms with E-state index in [2.05, 4.69) is 30.7 Å². The van der Waals surface area contributed by atoms with Crippen LogP contribution in [0.5, 0.6) is 0 Å². The van der Waals surface area contributed by atoms with Crippen molar-refractivity contribution in [1.82, 2.24) is 5.32 Å². The molecule has 1 aliphatic carbocycles. The van der Waals surface area contributed by atoms with E-state index < -0.39 is 5.97 Å². The van der Waals surface area contributed by atoms with E-state index in [1.165, 1.54) is 0 Å². The minimum absolute atomic E-state index is 0.0811. The first-order valence-electron chi connectivity index (χ1n) is 5.77. The van der Waals surface area contributed by atoms with Crippen LogP contribution in [-0.4, -0.2) is 12.2 Å². The van der Waals surface area contributed by atoms with Crippen LogP contribution in [-0.2, 0) is 0 Å². The van der Waals surface area contributed by atoms with E-state index in [4.69, 9.17) is 11.1 Å². The lowest BCUT2D eigenvalue weighted by molar-refractivity contribution is 0.394. The average molecular weight is 248 g/mol. The number of aliphatic imine (C=N–C) groups is 1. The number of allylic oxidation sites excluding steroid dienone is 3. The standard InChI is InChI=1S/C13H17FN4/c1-7(15)8-5-13(2,3)12-9(8)6-17-11(18-12)4-10(14)16/h4,6,8,16,18H,1,5,15H2,2-3H3/b11-4-,16-10?. The summed E-state index contributed by atoms with van der Waals surface area (Å²) >= 11 is 0. The van der Waals surface area contributed by atoms with Crippen molar-refractivity contribution in [1.29, 1.82) is 5.41 Å². The van der Waals surface area contributed by atoms with Crippen LogP contribution in [0, 0.1) is 16.7 Å². The number of nitrogens with two attached hydrogens (primary N) is 1. The summed E-state index contributed by atoms with van der Waals surface area (Å²) in [5.41, 5.74) is 8.34. The molecule has 0 spiro atoms. The van der Waals surface area contributed by atoms with Crippen LogP contribution in [0.2, 0.25) is 0 Å². The Balaban J connectivity index is 2.38. The second kappa shape index (κ2) is 4.08. The van der Waals surface area contributed by atoms with E-state index in [1.54, 1.807) is 6.21 Å². The van der Waals surface area contributed by atoms with Gasteiger partial charge in [-0.25, -0.2) is 4.99 Å². The third-order valence-corrected chi connectivity index (χ3v) is 3.36. The number of nitrogens with one attached hydrogen (secondary N) is 2. The molecule has 0 saturated carbocycles. The number of halogens is 1. The molecular weight excluding hydrogens is 231 g/mol. The monoisotopic (exact) mass is 248 g/mol. The van der Waals surface area contributed by atoms with E-state index in [1.807, 2.05) is 0 Å². The van der Waals surface area contributed by atoms with Gasteiger partial charge in [0.15, 0.2) is 0 Å². The SMILES string of the molecule is C=C(N)C1CC(C)(C)C2=C1C=N/C(=C/C(=N)F)N2. The summed E-state index contributed by atoms with van der Waals surface area (Å²) in [6.45, 7) is 7.99. The zero-order valence-corrected chi connectivity index (χ0v) is 10.5. The van der Waals surface area contributed by atoms with Crippen LogP contribution < -0.4 is 11.1 Å². The fourth-order valence-electron chi connectivity index (χ4n) is 2.51. The summed E-state index contributed by atoms with van der Waals surface area (Å²) in [5.74, 6) is -0.593. The van der Waals surface area contributed by atoms with Crippen LogP contribution in [0.1, 0.15) is 20.3 Å². The Morgan fingerprint density at radius 2 is 2.39 bits per heavy atom. The molecule has 0 aromatic carbocycles. The van der Waals surface area contributed by atoms with Gasteiger partial charge in [0.1, 0.15) is 5.82 Å². The zero-order chi connectivity index (χ0) is 13.5. The van der Waals surface area contributed by atoms with Crippen molar-refractivity contribution in [3.05, 3.63) is 35.4 Å². The molecule has 2 aliphatic rings. The predicted octanol–water partition coefficient (Wildman–Crippen LogP) is 2.22. The Morgan fingerprint density at radius 1 is 1.72 bits per heavy atom. The van der Waals surface area contributed by atoms with Crippen LogP contribution in [0.25, 0.3) is 0 Å². The Kier molecular flexibility index (Phi) is 2.84. The van der Waals surface area contributed by atoms with Gasteiger partial charge in [-0.15, -0.1) is 0 Å². The van der Waals surface area contributed by atoms with Gasteiger partial charge in [-0.3, -0.25) is 5.41 Å². The molecule has 1 atom stereocenters. The summed E-state index contributed by atoms with van der Waals surface area (Å²) in [5, 5.41) is 9.91. The first-order valence-corrected chi connectivity index (χ1v) is 5.77. The lowest BCUT2D eigenvalue weighted by Gasteiger charge is -2.25. The lowest BCUT2D eigenvalue weighted by Crippen LogP contribution is -2.26. The maximum atomic E-state index is 12.6. The Hall–Kier alpha value is -1.91. The second-order valence-corrected chi connectivity index (χ2v) is 5.31. The quantitative estimate of drug-likeness (QED) is 0.655. The topological polar surface area (TPSA) is 74.3 Å². The molecule has 0 aromatic heterocycles. The molecule has 4 N–H and O–H groups in total. The molecule has 5 heteroatoms. The summed E-state index contributed by atoms with van der Waals surface area (Å²) in [6.07, 6.45) is 3.60. The van der Waals surface area contributed by atoms with Gasteiger partial charge >= 0.3 is 0 Å². The van der Waals surface area contributed by atoms with Gasteiger partial charge in [0.25, 0.3) is 0 Å². The molecular formula is C13H17FN4. The summed E-state index contributed by atoms with van der Waals surface area (Å²) < 4.78 is 12.6. The zero-order valence-electron chi connectivity index (χ0n) is 10.5. The van der Waals surface area contributed by atoms with Crippen molar-refractivity contribution >= 4 is 12.2 Å². The molecule has 0 saturated heterocycles. The Morgan fingerprint density at radius 3 is 2.94 bits per heavy atom. The van der Waals surface area contributed by atoms with Crippen LogP contribution in [0.15, 0.2) is 40.4 Å². The largest absolute Gasteiger partial charge is 0.402 e. The van der Waals surface area contributed by atoms with Gasteiger partial charge in [0, 0.05) is 35.0 Å². The summed E-state index contributed by atoms with van der Waals surface area (Å²) in [6, 6.07) is 0. The van der Waals surface area contributed by atoms with Crippen molar-refractivity contribution in [3.63, 3.8) is 0 Å². The maximum absolute atomic E-state index is 12.6. The minimum atomic E-state index is -1.02. The van der Waals surface area contributed by atoms with E-state index in [-0.39, 0.29) is 11.3 Å². The van der Waals surface area contributed by atoms with Crippen LogP contribution >= 0.6 is 0 Å². The number of hydrogen-bond acceptors (Lipinski definition) is 4. The van der Waals surface area contributed by atoms with E-state index >= 15 is 0 Å². The molecule has 1 aliphatic heterocycles. The normalized spacial score (nSPS) is 27.1. The molecule has 1 unspecified atom stereocenters. The van der Waals surface area contributed by atoms with Crippen molar-refractivity contribution in [2.75, 3.05) is 0 Å². The second-order valence-electron chi connectivity index (χ2n) is 5.31. The van der Waals surface area contributed by atoms with Gasteiger partial charge in [-0.05, 0) is 12.0 Å². The molecule has 18 heavy (non-hydrogen) atoms. The molecule has 2 rings (SSSR count). The fourth-order valence-corrected chi connectivity index (χ4v) is 2.51. The third kappa shape index (κ3) is 2.08. The van der Waals surface area contributed by atoms with Gasteiger partial charge < -0.3 is 11.1 Å². The van der Waals surface area contributed by atoms with Gasteiger partial charge in [0.2, 0.25) is 5.97 Å². The Labute approximate surface area is 106 Å². The van der Waals surface area contributed by atoms with Crippen molar-refractivity contribution in [2.24, 2.45) is 22.1 Å². The highest BCUT2D eigenvalue weighted by atomic mass is 19.1. The fraction of sp³-hybridized carbons (Fsp3) is 0.385. The maximum Gasteiger partial charge on any atom is 0.209 e. The smallest absolute Gasteiger partial charge is 0.209 e. The van der Waals surface area contributed by atoms with Crippen molar-refractivity contribution in [3.8, 4) is 0 Å². The van der Waals surface area contributed by atoms with E-state index in [9.17, 15) is 4.39 Å².